The van der Waals surface area contributed by atoms with Gasteiger partial charge in [-0.1, -0.05) is 11.6 Å². The number of hydrogen-bond acceptors (Lipinski definition) is 4. The summed E-state index contributed by atoms with van der Waals surface area (Å²) in [6, 6.07) is 1.30. The first-order chi connectivity index (χ1) is 9.56. The van der Waals surface area contributed by atoms with Crippen LogP contribution in [0.2, 0.25) is 5.02 Å². The molecule has 1 aromatic carbocycles. The van der Waals surface area contributed by atoms with Crippen LogP contribution < -0.4 is 5.32 Å². The number of carbonyl (C=O) groups is 1. The lowest BCUT2D eigenvalue weighted by Gasteiger charge is -2.18. The molecule has 0 saturated heterocycles. The third-order valence-electron chi connectivity index (χ3n) is 2.34. The number of carboxylic acid groups (broad SMARTS) is 1. The Morgan fingerprint density at radius 2 is 2.05 bits per heavy atom. The van der Waals surface area contributed by atoms with E-state index in [4.69, 9.17) is 16.7 Å². The molecule has 21 heavy (non-hydrogen) atoms. The molecule has 0 amide bonds. The van der Waals surface area contributed by atoms with Gasteiger partial charge >= 0.3 is 18.3 Å². The van der Waals surface area contributed by atoms with Gasteiger partial charge in [0, 0.05) is 12.1 Å². The van der Waals surface area contributed by atoms with E-state index >= 15 is 0 Å². The highest BCUT2D eigenvalue weighted by Crippen LogP contribution is 2.33. The third-order valence-corrected chi connectivity index (χ3v) is 2.63. The average molecular weight is 331 g/mol. The molecule has 116 valence electrons. The zero-order valence-corrected chi connectivity index (χ0v) is 10.7. The number of anilines is 1. The van der Waals surface area contributed by atoms with Crippen LogP contribution >= 0.6 is 11.6 Å². The van der Waals surface area contributed by atoms with Gasteiger partial charge in [0.25, 0.3) is 5.69 Å². The number of nitrogens with one attached hydrogen (secondary N) is 1. The molecule has 0 spiro atoms. The zero-order valence-electron chi connectivity index (χ0n) is 9.95. The lowest BCUT2D eigenvalue weighted by molar-refractivity contribution is -0.384. The van der Waals surface area contributed by atoms with E-state index in [2.05, 4.69) is 0 Å². The second kappa shape index (κ2) is 6.12. The van der Waals surface area contributed by atoms with Crippen LogP contribution in [0.25, 0.3) is 0 Å². The first kappa shape index (κ1) is 17.0. The average Bonchev–Trinajstić information content (AvgIpc) is 2.35. The van der Waals surface area contributed by atoms with Crippen LogP contribution in [0.1, 0.15) is 10.4 Å². The summed E-state index contributed by atoms with van der Waals surface area (Å²) in [4.78, 5) is 20.6. The van der Waals surface area contributed by atoms with Crippen molar-refractivity contribution in [1.29, 1.82) is 0 Å². The van der Waals surface area contributed by atoms with Gasteiger partial charge in [0.05, 0.1) is 27.7 Å². The number of benzene rings is 1. The van der Waals surface area contributed by atoms with Gasteiger partial charge in [-0.15, -0.1) is 0 Å². The van der Waals surface area contributed by atoms with Crippen LogP contribution in [0, 0.1) is 10.1 Å². The summed E-state index contributed by atoms with van der Waals surface area (Å²) in [5.74, 6) is -6.11. The maximum atomic E-state index is 12.8. The van der Waals surface area contributed by atoms with E-state index < -0.39 is 51.7 Å². The molecule has 0 unspecified atom stereocenters. The van der Waals surface area contributed by atoms with Crippen LogP contribution in [0.3, 0.4) is 0 Å². The Labute approximate surface area is 119 Å². The minimum Gasteiger partial charge on any atom is -0.478 e. The van der Waals surface area contributed by atoms with E-state index in [1.165, 1.54) is 0 Å². The summed E-state index contributed by atoms with van der Waals surface area (Å²) in [6.07, 6.45) is -3.96. The number of halogens is 5. The second-order valence-corrected chi connectivity index (χ2v) is 4.23. The van der Waals surface area contributed by atoms with Crippen molar-refractivity contribution in [2.75, 3.05) is 11.9 Å². The maximum absolute atomic E-state index is 12.8. The predicted octanol–water partition coefficient (Wildman–Crippen LogP) is 3.26. The predicted molar refractivity (Wildman–Crippen MR) is 64.5 cm³/mol. The van der Waals surface area contributed by atoms with Crippen molar-refractivity contribution in [2.24, 2.45) is 0 Å². The quantitative estimate of drug-likeness (QED) is 0.474. The molecule has 0 atom stereocenters. The molecule has 6 nitrogen and oxygen atoms in total. The van der Waals surface area contributed by atoms with Crippen molar-refractivity contribution in [2.45, 2.75) is 12.3 Å². The number of nitro benzene ring substituents is 1. The van der Waals surface area contributed by atoms with Gasteiger partial charge in [0.2, 0.25) is 0 Å². The Balaban J connectivity index is 3.18. The highest BCUT2D eigenvalue weighted by molar-refractivity contribution is 6.34. The van der Waals surface area contributed by atoms with E-state index in [0.29, 0.717) is 6.07 Å². The van der Waals surface area contributed by atoms with Gasteiger partial charge in [0.15, 0.2) is 0 Å². The number of rotatable bonds is 6. The summed E-state index contributed by atoms with van der Waals surface area (Å²) >= 11 is 5.57. The van der Waals surface area contributed by atoms with Gasteiger partial charge in [0.1, 0.15) is 0 Å². The molecule has 0 aliphatic carbocycles. The minimum absolute atomic E-state index is 0.549. The van der Waals surface area contributed by atoms with Crippen LogP contribution in [0.4, 0.5) is 28.9 Å². The molecule has 0 aromatic heterocycles. The van der Waals surface area contributed by atoms with Gasteiger partial charge in [-0.2, -0.15) is 8.78 Å². The van der Waals surface area contributed by atoms with Crippen molar-refractivity contribution < 1.29 is 32.4 Å². The molecule has 1 aromatic rings. The van der Waals surface area contributed by atoms with E-state index in [1.54, 1.807) is 5.32 Å². The van der Waals surface area contributed by atoms with Crippen molar-refractivity contribution in [3.63, 3.8) is 0 Å². The van der Waals surface area contributed by atoms with Gasteiger partial charge in [-0.25, -0.2) is 13.6 Å². The maximum Gasteiger partial charge on any atom is 0.338 e. The number of aromatic carboxylic acids is 1. The molecule has 0 saturated carbocycles. The molecule has 0 aliphatic heterocycles. The Morgan fingerprint density at radius 1 is 1.48 bits per heavy atom. The smallest absolute Gasteiger partial charge is 0.338 e. The SMILES string of the molecule is O=C(O)c1cc([N+](=O)[O-])cc(Cl)c1NCC(F)(F)C(F)F. The Bertz CT molecular complexity index is 582. The number of carboxylic acids is 1. The van der Waals surface area contributed by atoms with E-state index in [-0.39, 0.29) is 0 Å². The van der Waals surface area contributed by atoms with Crippen LogP contribution in [-0.2, 0) is 0 Å². The molecule has 1 rings (SSSR count). The summed E-state index contributed by atoms with van der Waals surface area (Å²) in [5, 5.41) is 20.7. The van der Waals surface area contributed by atoms with Crippen molar-refractivity contribution in [3.05, 3.63) is 32.8 Å². The summed E-state index contributed by atoms with van der Waals surface area (Å²) in [7, 11) is 0. The first-order valence-corrected chi connectivity index (χ1v) is 5.55. The standard InChI is InChI=1S/C10H7ClF4N2O4/c11-6-2-4(17(20)21)1-5(8(18)19)7(6)16-3-10(14,15)9(12)13/h1-2,9,16H,3H2,(H,18,19). The molecule has 0 heterocycles. The van der Waals surface area contributed by atoms with Crippen molar-refractivity contribution >= 4 is 28.9 Å². The number of nitrogens with zero attached hydrogens (tertiary/aromatic N) is 1. The van der Waals surface area contributed by atoms with Crippen LogP contribution in [0.15, 0.2) is 12.1 Å². The third kappa shape index (κ3) is 3.94. The van der Waals surface area contributed by atoms with Gasteiger partial charge in [-0.05, 0) is 0 Å². The lowest BCUT2D eigenvalue weighted by Crippen LogP contribution is -2.35. The van der Waals surface area contributed by atoms with E-state index in [9.17, 15) is 32.5 Å². The molecule has 0 fully saturated rings. The molecule has 0 radical (unpaired) electrons. The molecule has 0 aliphatic rings. The summed E-state index contributed by atoms with van der Waals surface area (Å²) in [5.41, 5.74) is -2.06. The number of non-ortho nitro benzene ring substituents is 1. The van der Waals surface area contributed by atoms with Crippen LogP contribution in [-0.4, -0.2) is 34.9 Å². The summed E-state index contributed by atoms with van der Waals surface area (Å²) in [6.45, 7) is -1.58. The van der Waals surface area contributed by atoms with Crippen molar-refractivity contribution in [1.82, 2.24) is 0 Å². The van der Waals surface area contributed by atoms with Crippen molar-refractivity contribution in [3.8, 4) is 0 Å². The largest absolute Gasteiger partial charge is 0.478 e. The van der Waals surface area contributed by atoms with E-state index in [1.807, 2.05) is 0 Å². The highest BCUT2D eigenvalue weighted by atomic mass is 35.5. The lowest BCUT2D eigenvalue weighted by atomic mass is 10.1. The monoisotopic (exact) mass is 330 g/mol. The number of alkyl halides is 4. The Morgan fingerprint density at radius 3 is 2.48 bits per heavy atom. The van der Waals surface area contributed by atoms with Gasteiger partial charge in [-0.3, -0.25) is 10.1 Å². The first-order valence-electron chi connectivity index (χ1n) is 5.17. The molecular weight excluding hydrogens is 324 g/mol. The molecule has 0 bridgehead atoms. The minimum atomic E-state index is -4.42. The number of hydrogen-bond donors (Lipinski definition) is 2. The fourth-order valence-corrected chi connectivity index (χ4v) is 1.61. The van der Waals surface area contributed by atoms with Gasteiger partial charge < -0.3 is 10.4 Å². The molecule has 11 heteroatoms. The zero-order chi connectivity index (χ0) is 16.4. The molecular formula is C10H7ClF4N2O4. The fraction of sp³-hybridized carbons (Fsp3) is 0.300. The fourth-order valence-electron chi connectivity index (χ4n) is 1.33. The number of nitro groups is 1. The second-order valence-electron chi connectivity index (χ2n) is 3.83. The Hall–Kier alpha value is -2.10. The topological polar surface area (TPSA) is 92.5 Å². The van der Waals surface area contributed by atoms with Crippen LogP contribution in [0.5, 0.6) is 0 Å². The Kier molecular flexibility index (Phi) is 4.94. The highest BCUT2D eigenvalue weighted by Gasteiger charge is 2.40. The summed E-state index contributed by atoms with van der Waals surface area (Å²) < 4.78 is 49.6. The normalized spacial score (nSPS) is 11.5. The van der Waals surface area contributed by atoms with E-state index in [0.717, 1.165) is 6.07 Å². The molecule has 2 N–H and O–H groups in total.